The molecule has 1 aromatic heterocycles. The van der Waals surface area contributed by atoms with Gasteiger partial charge in [-0.2, -0.15) is 5.10 Å². The third-order valence-electron chi connectivity index (χ3n) is 1.86. The van der Waals surface area contributed by atoms with Gasteiger partial charge in [0.2, 0.25) is 6.20 Å². The predicted octanol–water partition coefficient (Wildman–Crippen LogP) is 1.51. The first kappa shape index (κ1) is 7.10. The van der Waals surface area contributed by atoms with Crippen LogP contribution in [0.15, 0.2) is 42.7 Å². The van der Waals surface area contributed by atoms with Gasteiger partial charge in [-0.25, -0.2) is 0 Å². The molecule has 12 heavy (non-hydrogen) atoms. The summed E-state index contributed by atoms with van der Waals surface area (Å²) in [6.07, 6.45) is 4.06. The normalized spacial score (nSPS) is 10.1. The van der Waals surface area contributed by atoms with E-state index < -0.39 is 0 Å². The number of aromatic amines is 1. The molecule has 2 aromatic rings. The Hall–Kier alpha value is -1.57. The van der Waals surface area contributed by atoms with Gasteiger partial charge in [-0.15, -0.1) is 4.68 Å². The molecule has 2 rings (SSSR count). The number of aryl methyl sites for hydroxylation is 1. The van der Waals surface area contributed by atoms with Crippen LogP contribution in [0.1, 0.15) is 0 Å². The highest BCUT2D eigenvalue weighted by Gasteiger charge is 2.02. The van der Waals surface area contributed by atoms with Crippen molar-refractivity contribution in [1.29, 1.82) is 0 Å². The van der Waals surface area contributed by atoms with Gasteiger partial charge in [0.1, 0.15) is 0 Å². The van der Waals surface area contributed by atoms with Crippen LogP contribution < -0.4 is 4.68 Å². The van der Waals surface area contributed by atoms with Crippen molar-refractivity contribution in [2.75, 3.05) is 0 Å². The Kier molecular flexibility index (Phi) is 1.67. The van der Waals surface area contributed by atoms with E-state index in [1.54, 1.807) is 0 Å². The van der Waals surface area contributed by atoms with Crippen molar-refractivity contribution >= 4 is 0 Å². The Bertz CT molecular complexity index is 362. The van der Waals surface area contributed by atoms with E-state index in [4.69, 9.17) is 0 Å². The van der Waals surface area contributed by atoms with Gasteiger partial charge < -0.3 is 0 Å². The third-order valence-corrected chi connectivity index (χ3v) is 1.86. The van der Waals surface area contributed by atoms with E-state index in [1.165, 1.54) is 11.1 Å². The summed E-state index contributed by atoms with van der Waals surface area (Å²) in [7, 11) is 1.98. The molecule has 0 atom stereocenters. The van der Waals surface area contributed by atoms with Gasteiger partial charge in [0.15, 0.2) is 7.05 Å². The molecule has 0 saturated carbocycles. The standard InChI is InChI=1S/C10H10N2/c1-12-8-10(7-11-12)9-5-3-2-4-6-9/h2-8H,1H3/p+1. The van der Waals surface area contributed by atoms with Crippen LogP contribution in [0, 0.1) is 0 Å². The fraction of sp³-hybridized carbons (Fsp3) is 0.100. The Labute approximate surface area is 71.5 Å². The third kappa shape index (κ3) is 1.23. The molecule has 0 unspecified atom stereocenters. The van der Waals surface area contributed by atoms with Crippen LogP contribution in [0.2, 0.25) is 0 Å². The minimum Gasteiger partial charge on any atom is -0.173 e. The van der Waals surface area contributed by atoms with E-state index in [0.717, 1.165) is 0 Å². The molecule has 0 aliphatic rings. The number of nitrogens with one attached hydrogen (secondary N) is 1. The van der Waals surface area contributed by atoms with E-state index in [1.807, 2.05) is 36.1 Å². The molecule has 2 heteroatoms. The molecule has 2 nitrogen and oxygen atoms in total. The van der Waals surface area contributed by atoms with Crippen LogP contribution in [0.3, 0.4) is 0 Å². The zero-order chi connectivity index (χ0) is 8.39. The fourth-order valence-corrected chi connectivity index (χ4v) is 1.24. The van der Waals surface area contributed by atoms with Gasteiger partial charge in [-0.05, 0) is 5.56 Å². The van der Waals surface area contributed by atoms with E-state index in [0.29, 0.717) is 0 Å². The smallest absolute Gasteiger partial charge is 0.173 e. The second-order valence-corrected chi connectivity index (χ2v) is 2.83. The molecule has 1 heterocycles. The minimum atomic E-state index is 1.22. The lowest BCUT2D eigenvalue weighted by molar-refractivity contribution is -0.726. The van der Waals surface area contributed by atoms with Gasteiger partial charge in [0.25, 0.3) is 0 Å². The van der Waals surface area contributed by atoms with Crippen LogP contribution >= 0.6 is 0 Å². The van der Waals surface area contributed by atoms with E-state index in [-0.39, 0.29) is 0 Å². The molecular formula is C10H11N2+. The molecule has 1 aromatic carbocycles. The quantitative estimate of drug-likeness (QED) is 0.608. The number of H-pyrrole nitrogens is 1. The van der Waals surface area contributed by atoms with Crippen molar-refractivity contribution in [3.8, 4) is 11.1 Å². The summed E-state index contributed by atoms with van der Waals surface area (Å²) >= 11 is 0. The maximum absolute atomic E-state index is 3.08. The lowest BCUT2D eigenvalue weighted by atomic mass is 10.1. The van der Waals surface area contributed by atoms with Crippen molar-refractivity contribution < 1.29 is 4.68 Å². The maximum Gasteiger partial charge on any atom is 0.202 e. The first-order valence-corrected chi connectivity index (χ1v) is 3.96. The zero-order valence-electron chi connectivity index (χ0n) is 6.99. The monoisotopic (exact) mass is 159 g/mol. The SMILES string of the molecule is C[n+]1cc(-c2ccccc2)c[nH]1. The van der Waals surface area contributed by atoms with Crippen LogP contribution in [-0.2, 0) is 7.05 Å². The molecule has 0 saturated heterocycles. The molecule has 0 amide bonds. The largest absolute Gasteiger partial charge is 0.202 e. The number of hydrogen-bond acceptors (Lipinski definition) is 0. The summed E-state index contributed by atoms with van der Waals surface area (Å²) in [5, 5.41) is 3.08. The highest BCUT2D eigenvalue weighted by atomic mass is 15.2. The molecule has 0 aliphatic heterocycles. The van der Waals surface area contributed by atoms with Gasteiger partial charge in [-0.1, -0.05) is 30.3 Å². The molecular weight excluding hydrogens is 148 g/mol. The summed E-state index contributed by atoms with van der Waals surface area (Å²) in [5.74, 6) is 0. The fourth-order valence-electron chi connectivity index (χ4n) is 1.24. The van der Waals surface area contributed by atoms with Gasteiger partial charge in [-0.3, -0.25) is 0 Å². The van der Waals surface area contributed by atoms with Crippen molar-refractivity contribution in [2.45, 2.75) is 0 Å². The summed E-state index contributed by atoms with van der Waals surface area (Å²) in [5.41, 5.74) is 2.47. The van der Waals surface area contributed by atoms with Crippen LogP contribution in [0.25, 0.3) is 11.1 Å². The predicted molar refractivity (Wildman–Crippen MR) is 47.4 cm³/mol. The lowest BCUT2D eigenvalue weighted by Gasteiger charge is -1.90. The van der Waals surface area contributed by atoms with Crippen molar-refractivity contribution in [3.63, 3.8) is 0 Å². The van der Waals surface area contributed by atoms with E-state index in [2.05, 4.69) is 23.4 Å². The summed E-state index contributed by atoms with van der Waals surface area (Å²) in [6.45, 7) is 0. The number of benzene rings is 1. The molecule has 0 bridgehead atoms. The van der Waals surface area contributed by atoms with Crippen molar-refractivity contribution in [2.24, 2.45) is 7.05 Å². The van der Waals surface area contributed by atoms with Crippen LogP contribution in [0.5, 0.6) is 0 Å². The molecule has 0 spiro atoms. The second kappa shape index (κ2) is 2.81. The molecule has 60 valence electrons. The Morgan fingerprint density at radius 1 is 1.08 bits per heavy atom. The maximum atomic E-state index is 3.08. The molecule has 1 N–H and O–H groups in total. The number of aromatic nitrogens is 2. The first-order chi connectivity index (χ1) is 5.86. The topological polar surface area (TPSA) is 19.7 Å². The summed E-state index contributed by atoms with van der Waals surface area (Å²) in [4.78, 5) is 0. The molecule has 0 aliphatic carbocycles. The van der Waals surface area contributed by atoms with Crippen LogP contribution in [-0.4, -0.2) is 5.10 Å². The molecule has 0 radical (unpaired) electrons. The number of rotatable bonds is 1. The Morgan fingerprint density at radius 2 is 1.83 bits per heavy atom. The second-order valence-electron chi connectivity index (χ2n) is 2.83. The zero-order valence-corrected chi connectivity index (χ0v) is 6.99. The summed E-state index contributed by atoms with van der Waals surface area (Å²) in [6, 6.07) is 10.3. The highest BCUT2D eigenvalue weighted by molar-refractivity contribution is 5.60. The first-order valence-electron chi connectivity index (χ1n) is 3.96. The van der Waals surface area contributed by atoms with Gasteiger partial charge in [0.05, 0.1) is 11.8 Å². The van der Waals surface area contributed by atoms with Crippen LogP contribution in [0.4, 0.5) is 0 Å². The number of hydrogen-bond donors (Lipinski definition) is 1. The minimum absolute atomic E-state index is 1.22. The van der Waals surface area contributed by atoms with Crippen molar-refractivity contribution in [3.05, 3.63) is 42.7 Å². The number of nitrogens with zero attached hydrogens (tertiary/aromatic N) is 1. The van der Waals surface area contributed by atoms with E-state index in [9.17, 15) is 0 Å². The van der Waals surface area contributed by atoms with Gasteiger partial charge >= 0.3 is 0 Å². The Balaban J connectivity index is 2.45. The average molecular weight is 159 g/mol. The Morgan fingerprint density at radius 3 is 2.42 bits per heavy atom. The average Bonchev–Trinajstić information content (AvgIpc) is 2.54. The summed E-state index contributed by atoms with van der Waals surface area (Å²) < 4.78 is 1.93. The van der Waals surface area contributed by atoms with E-state index >= 15 is 0 Å². The van der Waals surface area contributed by atoms with Gasteiger partial charge in [0, 0.05) is 0 Å². The molecule has 0 fully saturated rings. The van der Waals surface area contributed by atoms with Crippen molar-refractivity contribution in [1.82, 2.24) is 5.10 Å². The highest BCUT2D eigenvalue weighted by Crippen LogP contribution is 2.14. The lowest BCUT2D eigenvalue weighted by Crippen LogP contribution is -2.27.